The van der Waals surface area contributed by atoms with Crippen LogP contribution in [0.3, 0.4) is 0 Å². The van der Waals surface area contributed by atoms with E-state index in [0.717, 1.165) is 17.4 Å². The summed E-state index contributed by atoms with van der Waals surface area (Å²) in [5.41, 5.74) is 1.27. The van der Waals surface area contributed by atoms with Gasteiger partial charge in [-0.1, -0.05) is 25.0 Å². The summed E-state index contributed by atoms with van der Waals surface area (Å²) < 4.78 is 0. The van der Waals surface area contributed by atoms with Crippen LogP contribution in [0.25, 0.3) is 0 Å². The zero-order valence-corrected chi connectivity index (χ0v) is 9.30. The fourth-order valence-corrected chi connectivity index (χ4v) is 3.03. The van der Waals surface area contributed by atoms with E-state index in [1.165, 1.54) is 37.0 Å². The second-order valence-corrected chi connectivity index (χ2v) is 4.92. The average molecular weight is 202 g/mol. The lowest BCUT2D eigenvalue weighted by molar-refractivity contribution is 0.623. The van der Waals surface area contributed by atoms with Gasteiger partial charge in [-0.25, -0.2) is 0 Å². The summed E-state index contributed by atoms with van der Waals surface area (Å²) in [6.07, 6.45) is 5.83. The second kappa shape index (κ2) is 5.98. The lowest BCUT2D eigenvalue weighted by Crippen LogP contribution is -1.98. The van der Waals surface area contributed by atoms with Crippen LogP contribution in [0.2, 0.25) is 0 Å². The predicted molar refractivity (Wildman–Crippen MR) is 62.3 cm³/mol. The van der Waals surface area contributed by atoms with E-state index in [9.17, 15) is 0 Å². The van der Waals surface area contributed by atoms with Crippen LogP contribution in [0.15, 0.2) is 12.2 Å². The largest absolute Gasteiger partial charge is 0.175 e. The second-order valence-electron chi connectivity index (χ2n) is 3.57. The Balaban J connectivity index is 1.97. The van der Waals surface area contributed by atoms with Gasteiger partial charge in [0.05, 0.1) is 0 Å². The maximum atomic E-state index is 4.19. The molecule has 0 radical (unpaired) electrons. The van der Waals surface area contributed by atoms with Crippen LogP contribution in [0.4, 0.5) is 0 Å². The molecule has 0 bridgehead atoms. The summed E-state index contributed by atoms with van der Waals surface area (Å²) >= 11 is 6.22. The maximum Gasteiger partial charge on any atom is 0.0148 e. The van der Waals surface area contributed by atoms with Crippen molar-refractivity contribution in [1.29, 1.82) is 0 Å². The molecule has 0 amide bonds. The highest BCUT2D eigenvalue weighted by atomic mass is 32.2. The molecule has 0 N–H and O–H groups in total. The third-order valence-electron chi connectivity index (χ3n) is 2.36. The van der Waals surface area contributed by atoms with Crippen LogP contribution < -0.4 is 0 Å². The van der Waals surface area contributed by atoms with Crippen LogP contribution in [-0.2, 0) is 0 Å². The van der Waals surface area contributed by atoms with Gasteiger partial charge in [0, 0.05) is 11.5 Å². The summed E-state index contributed by atoms with van der Waals surface area (Å²) in [6.45, 7) is 3.94. The first-order chi connectivity index (χ1) is 5.83. The summed E-state index contributed by atoms with van der Waals surface area (Å²) in [5, 5.41) is 0. The van der Waals surface area contributed by atoms with Crippen LogP contribution in [-0.4, -0.2) is 17.3 Å². The van der Waals surface area contributed by atoms with Crippen LogP contribution in [0.1, 0.15) is 25.7 Å². The summed E-state index contributed by atoms with van der Waals surface area (Å²) in [5.74, 6) is 4.30. The third-order valence-corrected chi connectivity index (χ3v) is 4.12. The molecule has 0 spiro atoms. The predicted octanol–water partition coefficient (Wildman–Crippen LogP) is 3.40. The van der Waals surface area contributed by atoms with Crippen molar-refractivity contribution in [3.05, 3.63) is 12.2 Å². The molecule has 1 aliphatic rings. The van der Waals surface area contributed by atoms with E-state index >= 15 is 0 Å². The van der Waals surface area contributed by atoms with Gasteiger partial charge in [-0.2, -0.15) is 24.4 Å². The van der Waals surface area contributed by atoms with Gasteiger partial charge in [0.15, 0.2) is 0 Å². The van der Waals surface area contributed by atoms with Crippen molar-refractivity contribution < 1.29 is 0 Å². The van der Waals surface area contributed by atoms with E-state index in [1.54, 1.807) is 0 Å². The summed E-state index contributed by atoms with van der Waals surface area (Å²) in [7, 11) is 0. The van der Waals surface area contributed by atoms with E-state index in [0.29, 0.717) is 0 Å². The third kappa shape index (κ3) is 3.90. The Labute approximate surface area is 85.6 Å². The van der Waals surface area contributed by atoms with Gasteiger partial charge in [0.1, 0.15) is 0 Å². The van der Waals surface area contributed by atoms with Crippen LogP contribution in [0, 0.1) is 5.92 Å². The Morgan fingerprint density at radius 3 is 2.67 bits per heavy atom. The highest BCUT2D eigenvalue weighted by molar-refractivity contribution is 7.99. The number of thiol groups is 1. The topological polar surface area (TPSA) is 0 Å². The first-order valence-electron chi connectivity index (χ1n) is 4.68. The zero-order chi connectivity index (χ0) is 8.81. The van der Waals surface area contributed by atoms with Gasteiger partial charge >= 0.3 is 0 Å². The summed E-state index contributed by atoms with van der Waals surface area (Å²) in [4.78, 5) is 0. The van der Waals surface area contributed by atoms with Crippen molar-refractivity contribution in [3.63, 3.8) is 0 Å². The smallest absolute Gasteiger partial charge is 0.0148 e. The maximum absolute atomic E-state index is 4.19. The van der Waals surface area contributed by atoms with Crippen molar-refractivity contribution >= 4 is 24.4 Å². The van der Waals surface area contributed by atoms with E-state index in [-0.39, 0.29) is 0 Å². The van der Waals surface area contributed by atoms with E-state index in [2.05, 4.69) is 19.2 Å². The molecule has 70 valence electrons. The monoisotopic (exact) mass is 202 g/mol. The van der Waals surface area contributed by atoms with Crippen LogP contribution in [0.5, 0.6) is 0 Å². The average Bonchev–Trinajstić information content (AvgIpc) is 2.57. The SMILES string of the molecule is C=C(CS)CSCC1CCCC1. The van der Waals surface area contributed by atoms with Gasteiger partial charge in [0.2, 0.25) is 0 Å². The number of hydrogen-bond acceptors (Lipinski definition) is 2. The van der Waals surface area contributed by atoms with Gasteiger partial charge in [-0.15, -0.1) is 0 Å². The van der Waals surface area contributed by atoms with Crippen molar-refractivity contribution in [2.24, 2.45) is 5.92 Å². The minimum atomic E-state index is 0.845. The first-order valence-corrected chi connectivity index (χ1v) is 6.47. The highest BCUT2D eigenvalue weighted by Crippen LogP contribution is 2.28. The fourth-order valence-electron chi connectivity index (χ4n) is 1.59. The summed E-state index contributed by atoms with van der Waals surface area (Å²) in [6, 6.07) is 0. The molecule has 0 nitrogen and oxygen atoms in total. The molecule has 2 heteroatoms. The lowest BCUT2D eigenvalue weighted by Gasteiger charge is -2.08. The number of hydrogen-bond donors (Lipinski definition) is 1. The van der Waals surface area contributed by atoms with Gasteiger partial charge in [-0.05, 0) is 24.5 Å². The first kappa shape index (κ1) is 10.5. The van der Waals surface area contributed by atoms with Crippen LogP contribution >= 0.6 is 24.4 Å². The molecule has 1 rings (SSSR count). The molecule has 12 heavy (non-hydrogen) atoms. The molecule has 0 unspecified atom stereocenters. The molecule has 0 aromatic rings. The molecule has 1 aliphatic carbocycles. The van der Waals surface area contributed by atoms with Crippen molar-refractivity contribution in [3.8, 4) is 0 Å². The highest BCUT2D eigenvalue weighted by Gasteiger charge is 2.14. The normalized spacial score (nSPS) is 18.4. The fraction of sp³-hybridized carbons (Fsp3) is 0.800. The minimum Gasteiger partial charge on any atom is -0.175 e. The molecule has 1 fully saturated rings. The zero-order valence-electron chi connectivity index (χ0n) is 7.59. The Kier molecular flexibility index (Phi) is 5.24. The van der Waals surface area contributed by atoms with Gasteiger partial charge in [-0.3, -0.25) is 0 Å². The number of thioether (sulfide) groups is 1. The van der Waals surface area contributed by atoms with E-state index in [4.69, 9.17) is 0 Å². The van der Waals surface area contributed by atoms with E-state index < -0.39 is 0 Å². The Bertz CT molecular complexity index is 137. The molecular weight excluding hydrogens is 184 g/mol. The minimum absolute atomic E-state index is 0.845. The molecule has 0 aromatic heterocycles. The Hall–Kier alpha value is 0.440. The quantitative estimate of drug-likeness (QED) is 0.527. The molecular formula is C10H18S2. The van der Waals surface area contributed by atoms with E-state index in [1.807, 2.05) is 11.8 Å². The molecule has 0 aliphatic heterocycles. The molecule has 1 saturated carbocycles. The molecule has 0 aromatic carbocycles. The molecule has 0 atom stereocenters. The van der Waals surface area contributed by atoms with Gasteiger partial charge < -0.3 is 0 Å². The standard InChI is InChI=1S/C10H18S2/c1-9(6-11)7-12-8-10-4-2-3-5-10/h10-11H,1-8H2. The Morgan fingerprint density at radius 2 is 2.08 bits per heavy atom. The van der Waals surface area contributed by atoms with Crippen molar-refractivity contribution in [2.75, 3.05) is 17.3 Å². The van der Waals surface area contributed by atoms with Crippen molar-refractivity contribution in [2.45, 2.75) is 25.7 Å². The van der Waals surface area contributed by atoms with Crippen molar-refractivity contribution in [1.82, 2.24) is 0 Å². The molecule has 0 saturated heterocycles. The molecule has 0 heterocycles. The van der Waals surface area contributed by atoms with Gasteiger partial charge in [0.25, 0.3) is 0 Å². The lowest BCUT2D eigenvalue weighted by atomic mass is 10.1. The Morgan fingerprint density at radius 1 is 1.42 bits per heavy atom. The number of rotatable bonds is 5.